The van der Waals surface area contributed by atoms with Crippen LogP contribution in [0.4, 0.5) is 10.6 Å². The number of nitrogens with one attached hydrogen (secondary N) is 3. The van der Waals surface area contributed by atoms with E-state index in [1.165, 1.54) is 20.2 Å². The van der Waals surface area contributed by atoms with Crippen molar-refractivity contribution in [2.45, 2.75) is 104 Å². The van der Waals surface area contributed by atoms with Crippen molar-refractivity contribution in [3.8, 4) is 5.75 Å². The molecule has 1 saturated heterocycles. The molecule has 1 aliphatic rings. The number of anilines is 1. The number of likely N-dealkylation sites (tertiary alicyclic amines) is 1. The lowest BCUT2D eigenvalue weighted by atomic mass is 9.97. The third-order valence-corrected chi connectivity index (χ3v) is 8.84. The first-order chi connectivity index (χ1) is 25.1. The summed E-state index contributed by atoms with van der Waals surface area (Å²) in [5, 5.41) is 8.08. The monoisotopic (exact) mass is 732 g/mol. The summed E-state index contributed by atoms with van der Waals surface area (Å²) in [7, 11) is 0. The van der Waals surface area contributed by atoms with Crippen molar-refractivity contribution >= 4 is 29.6 Å². The number of alkyl carbamates (subject to hydrolysis) is 1. The lowest BCUT2D eigenvalue weighted by Gasteiger charge is -2.33. The second-order valence-electron chi connectivity index (χ2n) is 15.2. The highest BCUT2D eigenvalue weighted by Crippen LogP contribution is 2.27. The molecule has 2 heterocycles. The number of benzene rings is 2. The third kappa shape index (κ3) is 12.6. The van der Waals surface area contributed by atoms with Gasteiger partial charge in [-0.25, -0.2) is 9.78 Å². The molecule has 4 rings (SSSR count). The number of aromatic nitrogens is 2. The molecule has 2 atom stereocenters. The van der Waals surface area contributed by atoms with Gasteiger partial charge in [-0.2, -0.15) is 0 Å². The zero-order valence-electron chi connectivity index (χ0n) is 32.1. The van der Waals surface area contributed by atoms with Crippen LogP contribution in [-0.4, -0.2) is 81.8 Å². The molecular weight excluding hydrogens is 676 g/mol. The maximum absolute atomic E-state index is 14.1. The molecule has 2 aromatic carbocycles. The highest BCUT2D eigenvalue weighted by molar-refractivity contribution is 5.98. The number of ether oxygens (including phenoxy) is 3. The Morgan fingerprint density at radius 3 is 2.28 bits per heavy atom. The highest BCUT2D eigenvalue weighted by Gasteiger charge is 2.35. The van der Waals surface area contributed by atoms with Gasteiger partial charge in [0, 0.05) is 19.3 Å². The summed E-state index contributed by atoms with van der Waals surface area (Å²) in [6.07, 6.45) is 6.19. The lowest BCUT2D eigenvalue weighted by Crippen LogP contribution is -2.59. The van der Waals surface area contributed by atoms with Crippen molar-refractivity contribution in [3.05, 3.63) is 78.2 Å². The largest absolute Gasteiger partial charge is 0.494 e. The lowest BCUT2D eigenvalue weighted by molar-refractivity contribution is -0.135. The number of carbonyl (C=O) groups excluding carboxylic acids is 4. The van der Waals surface area contributed by atoms with Crippen LogP contribution in [0.15, 0.2) is 67.1 Å². The number of hydrogen-bond acceptors (Lipinski definition) is 8. The maximum Gasteiger partial charge on any atom is 0.408 e. The Morgan fingerprint density at radius 1 is 0.962 bits per heavy atom. The number of piperidine rings is 1. The molecule has 0 bridgehead atoms. The molecule has 3 aromatic rings. The van der Waals surface area contributed by atoms with Gasteiger partial charge in [0.15, 0.2) is 5.82 Å². The summed E-state index contributed by atoms with van der Waals surface area (Å²) in [4.78, 5) is 60.2. The van der Waals surface area contributed by atoms with Crippen molar-refractivity contribution in [3.63, 3.8) is 0 Å². The molecule has 2 unspecified atom stereocenters. The van der Waals surface area contributed by atoms with Crippen LogP contribution in [0.25, 0.3) is 0 Å². The van der Waals surface area contributed by atoms with E-state index in [0.717, 1.165) is 42.6 Å². The molecule has 3 N–H and O–H groups in total. The van der Waals surface area contributed by atoms with Crippen molar-refractivity contribution in [1.82, 2.24) is 25.1 Å². The van der Waals surface area contributed by atoms with Gasteiger partial charge in [-0.3, -0.25) is 14.4 Å². The van der Waals surface area contributed by atoms with Crippen LogP contribution in [0.2, 0.25) is 0 Å². The van der Waals surface area contributed by atoms with E-state index in [1.807, 2.05) is 59.5 Å². The number of unbranched alkanes of at least 4 members (excludes halogenated alkanes) is 1. The molecule has 1 aromatic heterocycles. The molecule has 53 heavy (non-hydrogen) atoms. The summed E-state index contributed by atoms with van der Waals surface area (Å²) in [5.41, 5.74) is -0.553. The average molecular weight is 733 g/mol. The predicted octanol–water partition coefficient (Wildman–Crippen LogP) is 5.85. The van der Waals surface area contributed by atoms with Gasteiger partial charge in [0.05, 0.1) is 26.1 Å². The van der Waals surface area contributed by atoms with Gasteiger partial charge in [0.2, 0.25) is 11.8 Å². The van der Waals surface area contributed by atoms with Gasteiger partial charge >= 0.3 is 6.09 Å². The number of imidazole rings is 1. The number of rotatable bonds is 16. The van der Waals surface area contributed by atoms with E-state index in [9.17, 15) is 19.2 Å². The SMILES string of the molecule is CCCCOc1ccc(C(C(=O)N2CCC(C)CC2)n2cnc(NC(=O)C(COCc3ccccc3)NC(=O)C(C)(C)NC(=O)OC(C)(C)C)c2)cc1. The third-order valence-electron chi connectivity index (χ3n) is 8.84. The molecule has 0 radical (unpaired) electrons. The van der Waals surface area contributed by atoms with Gasteiger partial charge in [-0.1, -0.05) is 62.7 Å². The van der Waals surface area contributed by atoms with Crippen LogP contribution in [0, 0.1) is 5.92 Å². The van der Waals surface area contributed by atoms with Gasteiger partial charge in [-0.15, -0.1) is 0 Å². The van der Waals surface area contributed by atoms with Crippen LogP contribution in [-0.2, 0) is 30.5 Å². The number of nitrogens with zero attached hydrogens (tertiary/aromatic N) is 3. The van der Waals surface area contributed by atoms with Crippen LogP contribution in [0.3, 0.4) is 0 Å². The zero-order chi connectivity index (χ0) is 38.6. The highest BCUT2D eigenvalue weighted by atomic mass is 16.6. The Hall–Kier alpha value is -4.91. The minimum Gasteiger partial charge on any atom is -0.494 e. The fourth-order valence-corrected chi connectivity index (χ4v) is 5.69. The fraction of sp³-hybridized carbons (Fsp3) is 0.525. The van der Waals surface area contributed by atoms with Gasteiger partial charge in [-0.05, 0) is 83.1 Å². The normalized spacial score (nSPS) is 14.9. The summed E-state index contributed by atoms with van der Waals surface area (Å²) in [5.74, 6) is 0.188. The quantitative estimate of drug-likeness (QED) is 0.155. The zero-order valence-corrected chi connectivity index (χ0v) is 32.1. The predicted molar refractivity (Wildman–Crippen MR) is 202 cm³/mol. The number of carbonyl (C=O) groups is 4. The van der Waals surface area contributed by atoms with Crippen molar-refractivity contribution in [2.24, 2.45) is 5.92 Å². The molecular formula is C40H56N6O7. The first-order valence-corrected chi connectivity index (χ1v) is 18.4. The summed E-state index contributed by atoms with van der Waals surface area (Å²) in [6.45, 7) is 14.5. The Morgan fingerprint density at radius 2 is 1.64 bits per heavy atom. The van der Waals surface area contributed by atoms with Gasteiger partial charge in [0.1, 0.15) is 29.0 Å². The van der Waals surface area contributed by atoms with Gasteiger partial charge < -0.3 is 39.6 Å². The van der Waals surface area contributed by atoms with Crippen LogP contribution in [0.5, 0.6) is 5.75 Å². The molecule has 13 heteroatoms. The molecule has 0 aliphatic carbocycles. The topological polar surface area (TPSA) is 153 Å². The van der Waals surface area contributed by atoms with E-state index < -0.39 is 41.1 Å². The van der Waals surface area contributed by atoms with E-state index in [4.69, 9.17) is 14.2 Å². The van der Waals surface area contributed by atoms with E-state index in [-0.39, 0.29) is 24.9 Å². The first kappa shape index (κ1) is 40.9. The van der Waals surface area contributed by atoms with Crippen LogP contribution >= 0.6 is 0 Å². The van der Waals surface area contributed by atoms with E-state index in [2.05, 4.69) is 34.8 Å². The minimum absolute atomic E-state index is 0.0639. The second kappa shape index (κ2) is 18.7. The smallest absolute Gasteiger partial charge is 0.408 e. The fourth-order valence-electron chi connectivity index (χ4n) is 5.69. The second-order valence-corrected chi connectivity index (χ2v) is 15.2. The van der Waals surface area contributed by atoms with Crippen molar-refractivity contribution < 1.29 is 33.4 Å². The number of amides is 4. The molecule has 4 amide bonds. The number of hydrogen-bond donors (Lipinski definition) is 3. The Labute approximate surface area is 313 Å². The maximum atomic E-state index is 14.1. The molecule has 1 aliphatic heterocycles. The molecule has 13 nitrogen and oxygen atoms in total. The Bertz CT molecular complexity index is 1640. The van der Waals surface area contributed by atoms with Gasteiger partial charge in [0.25, 0.3) is 5.91 Å². The summed E-state index contributed by atoms with van der Waals surface area (Å²) < 4.78 is 18.8. The standard InChI is InChI=1S/C40H56N6O7/c1-8-9-23-52-31-17-15-30(16-18-31)34(36(48)45-21-19-28(2)20-22-45)46-24-33(41-27-46)43-35(47)32(26-51-25-29-13-11-10-12-14-29)42-37(49)40(6,7)44-38(50)53-39(3,4)5/h10-18,24,27-28,32,34H,8-9,19-23,25-26H2,1-7H3,(H,42,49)(H,43,47)(H,44,50). The van der Waals surface area contributed by atoms with E-state index in [1.54, 1.807) is 31.5 Å². The van der Waals surface area contributed by atoms with Crippen molar-refractivity contribution in [1.29, 1.82) is 0 Å². The Balaban J connectivity index is 1.53. The van der Waals surface area contributed by atoms with E-state index in [0.29, 0.717) is 25.6 Å². The molecule has 1 fully saturated rings. The van der Waals surface area contributed by atoms with Crippen LogP contribution in [0.1, 0.15) is 91.3 Å². The molecule has 288 valence electrons. The van der Waals surface area contributed by atoms with E-state index >= 15 is 0 Å². The molecule has 0 spiro atoms. The Kier molecular flexibility index (Phi) is 14.4. The first-order valence-electron chi connectivity index (χ1n) is 18.4. The average Bonchev–Trinajstić information content (AvgIpc) is 3.55. The summed E-state index contributed by atoms with van der Waals surface area (Å²) >= 11 is 0. The molecule has 0 saturated carbocycles. The summed E-state index contributed by atoms with van der Waals surface area (Å²) in [6, 6.07) is 15.1. The van der Waals surface area contributed by atoms with Crippen molar-refractivity contribution in [2.75, 3.05) is 31.6 Å². The minimum atomic E-state index is -1.43. The van der Waals surface area contributed by atoms with Crippen LogP contribution < -0.4 is 20.7 Å².